The molecule has 4 aliphatic rings. The fraction of sp³-hybridized carbons (Fsp3) is 0.737. The summed E-state index contributed by atoms with van der Waals surface area (Å²) in [6.07, 6.45) is 6.92. The third kappa shape index (κ3) is 2.71. The zero-order chi connectivity index (χ0) is 17.0. The Bertz CT molecular complexity index is 612. The van der Waals surface area contributed by atoms with E-state index in [4.69, 9.17) is 5.73 Å². The molecule has 1 heterocycles. The lowest BCUT2D eigenvalue weighted by Gasteiger charge is -2.35. The van der Waals surface area contributed by atoms with Crippen molar-refractivity contribution in [2.75, 3.05) is 0 Å². The third-order valence-corrected chi connectivity index (χ3v) is 6.59. The highest BCUT2D eigenvalue weighted by molar-refractivity contribution is 5.78. The van der Waals surface area contributed by atoms with Gasteiger partial charge in [-0.2, -0.15) is 0 Å². The van der Waals surface area contributed by atoms with E-state index in [2.05, 4.69) is 11.8 Å². The van der Waals surface area contributed by atoms with Crippen LogP contribution in [-0.4, -0.2) is 28.9 Å². The van der Waals surface area contributed by atoms with E-state index in [-0.39, 0.29) is 30.2 Å². The Labute approximate surface area is 141 Å². The standard InChI is InChI=1S/C19H26F2N2O/c1-10-2-3-12-7-18(12)23(10)19(24)9-17(22)13-5-4-11-6-15(20)16(21)8-14(11)13/h8,10-13,17-18H,2-7,9,22H2,1H3. The van der Waals surface area contributed by atoms with E-state index in [1.165, 1.54) is 12.5 Å². The van der Waals surface area contributed by atoms with Gasteiger partial charge in [0.1, 0.15) is 5.83 Å². The van der Waals surface area contributed by atoms with E-state index < -0.39 is 11.7 Å². The van der Waals surface area contributed by atoms with Gasteiger partial charge in [0, 0.05) is 31.0 Å². The number of amides is 1. The largest absolute Gasteiger partial charge is 0.337 e. The maximum absolute atomic E-state index is 13.6. The number of halogens is 2. The van der Waals surface area contributed by atoms with Crippen molar-refractivity contribution >= 4 is 5.91 Å². The number of likely N-dealkylation sites (tertiary alicyclic amines) is 1. The summed E-state index contributed by atoms with van der Waals surface area (Å²) in [5.74, 6) is -0.483. The number of carbonyl (C=O) groups excluding carboxylic acids is 1. The SMILES string of the molecule is CC1CCC2CC2N1C(=O)CC(N)C1CCC2CC(F)=C(F)C=C21. The Morgan fingerprint density at radius 1 is 1.33 bits per heavy atom. The fourth-order valence-electron chi connectivity index (χ4n) is 5.15. The molecule has 0 aromatic heterocycles. The molecule has 24 heavy (non-hydrogen) atoms. The molecule has 1 amide bonds. The zero-order valence-corrected chi connectivity index (χ0v) is 14.2. The number of nitrogens with two attached hydrogens (primary N) is 1. The van der Waals surface area contributed by atoms with Gasteiger partial charge in [-0.1, -0.05) is 5.57 Å². The van der Waals surface area contributed by atoms with E-state index in [1.54, 1.807) is 0 Å². The van der Waals surface area contributed by atoms with Gasteiger partial charge in [-0.15, -0.1) is 0 Å². The zero-order valence-electron chi connectivity index (χ0n) is 14.2. The lowest BCUT2D eigenvalue weighted by atomic mass is 9.85. The van der Waals surface area contributed by atoms with E-state index in [9.17, 15) is 13.6 Å². The highest BCUT2D eigenvalue weighted by Crippen LogP contribution is 2.47. The number of hydrogen-bond acceptors (Lipinski definition) is 2. The summed E-state index contributed by atoms with van der Waals surface area (Å²) < 4.78 is 27.1. The predicted molar refractivity (Wildman–Crippen MR) is 88.2 cm³/mol. The minimum absolute atomic E-state index is 0.00731. The van der Waals surface area contributed by atoms with Crippen molar-refractivity contribution in [1.82, 2.24) is 4.90 Å². The Morgan fingerprint density at radius 3 is 2.92 bits per heavy atom. The molecule has 0 aromatic rings. The molecule has 6 atom stereocenters. The van der Waals surface area contributed by atoms with Crippen LogP contribution >= 0.6 is 0 Å². The molecule has 0 aromatic carbocycles. The first-order valence-electron chi connectivity index (χ1n) is 9.28. The van der Waals surface area contributed by atoms with Crippen LogP contribution in [0, 0.1) is 17.8 Å². The summed E-state index contributed by atoms with van der Waals surface area (Å²) >= 11 is 0. The van der Waals surface area contributed by atoms with Crippen molar-refractivity contribution in [3.8, 4) is 0 Å². The molecule has 132 valence electrons. The first-order chi connectivity index (χ1) is 11.5. The number of nitrogens with zero attached hydrogens (tertiary/aromatic N) is 1. The van der Waals surface area contributed by atoms with Gasteiger partial charge in [0.2, 0.25) is 5.91 Å². The topological polar surface area (TPSA) is 46.3 Å². The summed E-state index contributed by atoms with van der Waals surface area (Å²) in [5.41, 5.74) is 7.28. The maximum atomic E-state index is 13.6. The summed E-state index contributed by atoms with van der Waals surface area (Å²) in [7, 11) is 0. The smallest absolute Gasteiger partial charge is 0.224 e. The molecule has 1 saturated heterocycles. The second kappa shape index (κ2) is 5.94. The van der Waals surface area contributed by atoms with Gasteiger partial charge < -0.3 is 10.6 Å². The highest BCUT2D eigenvalue weighted by Gasteiger charge is 2.49. The molecule has 3 aliphatic carbocycles. The van der Waals surface area contributed by atoms with Crippen LogP contribution in [0.25, 0.3) is 0 Å². The number of piperidine rings is 1. The van der Waals surface area contributed by atoms with Crippen LogP contribution < -0.4 is 5.73 Å². The molecule has 3 nitrogen and oxygen atoms in total. The van der Waals surface area contributed by atoms with E-state index in [0.717, 1.165) is 31.3 Å². The Morgan fingerprint density at radius 2 is 2.12 bits per heavy atom. The molecule has 0 bridgehead atoms. The van der Waals surface area contributed by atoms with Crippen LogP contribution in [-0.2, 0) is 4.79 Å². The predicted octanol–water partition coefficient (Wildman–Crippen LogP) is 3.61. The minimum atomic E-state index is -0.753. The second-order valence-electron chi connectivity index (χ2n) is 8.14. The molecule has 4 rings (SSSR count). The lowest BCUT2D eigenvalue weighted by Crippen LogP contribution is -2.46. The monoisotopic (exact) mass is 336 g/mol. The number of carbonyl (C=O) groups is 1. The number of allylic oxidation sites excluding steroid dienone is 3. The molecular weight excluding hydrogens is 310 g/mol. The third-order valence-electron chi connectivity index (χ3n) is 6.59. The maximum Gasteiger partial charge on any atom is 0.224 e. The van der Waals surface area contributed by atoms with Gasteiger partial charge in [0.15, 0.2) is 5.83 Å². The summed E-state index contributed by atoms with van der Waals surface area (Å²) in [6.45, 7) is 2.12. The molecule has 2 N–H and O–H groups in total. The van der Waals surface area contributed by atoms with Crippen LogP contribution in [0.1, 0.15) is 51.9 Å². The normalized spacial score (nSPS) is 39.2. The summed E-state index contributed by atoms with van der Waals surface area (Å²) in [6, 6.07) is 0.426. The number of fused-ring (bicyclic) bond motifs is 2. The van der Waals surface area contributed by atoms with Crippen LogP contribution in [0.3, 0.4) is 0 Å². The Balaban J connectivity index is 1.44. The Kier molecular flexibility index (Phi) is 4.02. The number of rotatable bonds is 3. The van der Waals surface area contributed by atoms with Gasteiger partial charge >= 0.3 is 0 Å². The second-order valence-corrected chi connectivity index (χ2v) is 8.14. The van der Waals surface area contributed by atoms with Crippen molar-refractivity contribution in [2.24, 2.45) is 23.5 Å². The minimum Gasteiger partial charge on any atom is -0.337 e. The molecule has 3 fully saturated rings. The molecule has 1 aliphatic heterocycles. The van der Waals surface area contributed by atoms with E-state index in [1.807, 2.05) is 0 Å². The van der Waals surface area contributed by atoms with E-state index in [0.29, 0.717) is 24.4 Å². The van der Waals surface area contributed by atoms with Crippen LogP contribution in [0.5, 0.6) is 0 Å². The van der Waals surface area contributed by atoms with Gasteiger partial charge in [-0.25, -0.2) is 8.78 Å². The van der Waals surface area contributed by atoms with Crippen LogP contribution in [0.2, 0.25) is 0 Å². The van der Waals surface area contributed by atoms with Gasteiger partial charge in [-0.3, -0.25) is 4.79 Å². The molecule has 5 heteroatoms. The Hall–Kier alpha value is -1.23. The molecule has 0 radical (unpaired) electrons. The highest BCUT2D eigenvalue weighted by atomic mass is 19.2. The molecule has 0 spiro atoms. The first-order valence-corrected chi connectivity index (χ1v) is 9.28. The lowest BCUT2D eigenvalue weighted by molar-refractivity contribution is -0.135. The van der Waals surface area contributed by atoms with Crippen LogP contribution in [0.4, 0.5) is 8.78 Å². The molecular formula is C19H26F2N2O. The fourth-order valence-corrected chi connectivity index (χ4v) is 5.15. The average Bonchev–Trinajstić information content (AvgIpc) is 3.20. The molecule has 2 saturated carbocycles. The van der Waals surface area contributed by atoms with Gasteiger partial charge in [-0.05, 0) is 62.9 Å². The average molecular weight is 336 g/mol. The van der Waals surface area contributed by atoms with Crippen molar-refractivity contribution < 1.29 is 13.6 Å². The van der Waals surface area contributed by atoms with Crippen molar-refractivity contribution in [3.05, 3.63) is 23.3 Å². The molecule has 6 unspecified atom stereocenters. The van der Waals surface area contributed by atoms with Crippen LogP contribution in [0.15, 0.2) is 23.3 Å². The van der Waals surface area contributed by atoms with E-state index >= 15 is 0 Å². The summed E-state index contributed by atoms with van der Waals surface area (Å²) in [5, 5.41) is 0. The number of hydrogen-bond donors (Lipinski definition) is 1. The van der Waals surface area contributed by atoms with Crippen molar-refractivity contribution in [1.29, 1.82) is 0 Å². The van der Waals surface area contributed by atoms with Gasteiger partial charge in [0.25, 0.3) is 0 Å². The van der Waals surface area contributed by atoms with Crippen molar-refractivity contribution in [3.63, 3.8) is 0 Å². The van der Waals surface area contributed by atoms with Crippen molar-refractivity contribution in [2.45, 2.75) is 70.0 Å². The van der Waals surface area contributed by atoms with Gasteiger partial charge in [0.05, 0.1) is 0 Å². The quantitative estimate of drug-likeness (QED) is 0.856. The summed E-state index contributed by atoms with van der Waals surface area (Å²) in [4.78, 5) is 14.8. The first kappa shape index (κ1) is 16.2.